The maximum Gasteiger partial charge on any atom is 0.305 e. The van der Waals surface area contributed by atoms with Crippen LogP contribution in [0.15, 0.2) is 24.7 Å². The first-order chi connectivity index (χ1) is 66.7. The molecule has 0 bridgehead atoms. The largest absolute Gasteiger partial charge is 0.481 e. The van der Waals surface area contributed by atoms with Crippen LogP contribution in [-0.2, 0) is 112 Å². The van der Waals surface area contributed by atoms with E-state index in [2.05, 4.69) is 95.0 Å². The smallest absolute Gasteiger partial charge is 0.305 e. The molecule has 0 radical (unpaired) electrons. The van der Waals surface area contributed by atoms with Crippen molar-refractivity contribution in [1.29, 1.82) is 0 Å². The molecule has 16 atom stereocenters. The quantitative estimate of drug-likeness (QED) is 0.0225. The molecule has 0 spiro atoms. The van der Waals surface area contributed by atoms with E-state index < -0.39 is 289 Å². The Hall–Kier alpha value is -12.9. The molecule has 1 aliphatic rings. The summed E-state index contributed by atoms with van der Waals surface area (Å²) in [7, 11) is 0. The van der Waals surface area contributed by atoms with Crippen LogP contribution in [0.3, 0.4) is 0 Å². The molecule has 17 amide bonds. The minimum absolute atomic E-state index is 0.0161. The minimum Gasteiger partial charge on any atom is -0.481 e. The van der Waals surface area contributed by atoms with Crippen molar-refractivity contribution in [3.8, 4) is 0 Å². The molecule has 32 N–H and O–H groups in total. The fourth-order valence-electron chi connectivity index (χ4n) is 15.4. The number of unbranched alkanes of at least 4 members (excludes halogenated alkanes) is 4. The summed E-state index contributed by atoms with van der Waals surface area (Å²) in [6.45, 7) is 17.8. The summed E-state index contributed by atoms with van der Waals surface area (Å²) in [6.07, 6.45) is 0.672. The second-order valence-electron chi connectivity index (χ2n) is 37.9. The number of aromatic nitrogens is 2. The highest BCUT2D eigenvalue weighted by Crippen LogP contribution is 2.24. The van der Waals surface area contributed by atoms with Crippen LogP contribution in [0.2, 0.25) is 0 Å². The Labute approximate surface area is 826 Å². The summed E-state index contributed by atoms with van der Waals surface area (Å²) in [5.74, 6) is -27.0. The third-order valence-corrected chi connectivity index (χ3v) is 23.0. The van der Waals surface area contributed by atoms with Crippen LogP contribution in [0.25, 0.3) is 0 Å². The van der Waals surface area contributed by atoms with Crippen LogP contribution in [0, 0.1) is 23.7 Å². The Morgan fingerprint density at radius 3 is 1.18 bits per heavy atom. The monoisotopic (exact) mass is 2010 g/mol. The standard InChI is InChI=1S/C92H155N23O27/c1-50(2)40-62(80(132)102-57(27-17-23-37-94)76(128)104-60(30-32-70(117)118)78(130)101-56(75(97)127)26-16-22-36-93)107-81(133)63(41-51(3)4)106-77(129)58(28-18-24-38-95)112-89(141)91(10)34-20-14-12-13-15-21-35-92(11,90(142)113-69(47-74(125)126)86(138)105-61(31-33-71(119)120)79(131)103-59(87(139)114-91)29-19-25-39-96)115-88(140)65(43-53(7)8)109-83(135)66(44-55-48-98-49-99-55)110-85(137)68(46-73(123)124)111-82(134)64(42-52(5)6)108-84(136)67(45-72(121)122)100-54(9)116/h12-13,48-53,56-69H,14-47,93-96H2,1-11H3,(H2,97,127)(H,98,99)(H,100,116)(H,101,130)(H,102,132)(H,103,131)(H,104,128)(H,105,138)(H,106,129)(H,107,133)(H,108,136)(H,109,135)(H,110,137)(H,111,134)(H,112,141)(H,113,142)(H,114,139)(H,115,140)(H,117,118)(H,119,120)(H,121,122)(H,123,124)(H,125,126)/b13-12-/t56-,57-,58-,59-,60-,61-,62-,63-,64-,65-,66-,67-,68-,69-,91+,92+/m0/s1. The molecule has 0 aliphatic carbocycles. The highest BCUT2D eigenvalue weighted by Gasteiger charge is 2.45. The Morgan fingerprint density at radius 1 is 0.401 bits per heavy atom. The van der Waals surface area contributed by atoms with Crippen molar-refractivity contribution in [2.45, 2.75) is 364 Å². The SMILES string of the molecule is CC(=O)N[C@@H](CC(=O)O)C(=O)N[C@@H](CC(C)C)C(=O)N[C@@H](CC(=O)O)C(=O)N[C@@H](Cc1c[nH]cn1)C(=O)N[C@@H](CC(C)C)C(=O)N[C@]1(C)CCC/C=C\CCC[C@](C)(C(=O)N[C@@H](CCCCN)C(=O)N[C@@H](CC(C)C)C(=O)N[C@@H](CC(C)C)C(=O)N[C@@H](CCCCN)C(=O)N[C@@H](CCC(=O)O)C(=O)N[C@@H](CCCCN)C(N)=O)NC(=O)[C@H](CCCCN)NC(=O)[C@H](CCC(=O)O)NC(=O)[C@H](CC(=O)O)NC1=O. The number of nitrogens with zero attached hydrogens (tertiary/aromatic N) is 1. The molecule has 1 aromatic heterocycles. The lowest BCUT2D eigenvalue weighted by Crippen LogP contribution is -2.65. The average Bonchev–Trinajstić information content (AvgIpc) is 0.859. The zero-order chi connectivity index (χ0) is 107. The number of carbonyl (C=O) groups excluding carboxylic acids is 17. The number of rotatable bonds is 62. The third-order valence-electron chi connectivity index (χ3n) is 23.0. The van der Waals surface area contributed by atoms with Crippen molar-refractivity contribution in [2.75, 3.05) is 26.2 Å². The first kappa shape index (κ1) is 125. The number of allylic oxidation sites excluding steroid dienone is 2. The number of imidazole rings is 1. The number of nitrogens with one attached hydrogen (secondary N) is 17. The van der Waals surface area contributed by atoms with E-state index in [-0.39, 0.29) is 159 Å². The van der Waals surface area contributed by atoms with Crippen molar-refractivity contribution in [3.05, 3.63) is 30.4 Å². The second kappa shape index (κ2) is 65.3. The molecular weight excluding hydrogens is 1860 g/mol. The molecule has 800 valence electrons. The van der Waals surface area contributed by atoms with Crippen LogP contribution in [0.4, 0.5) is 0 Å². The lowest BCUT2D eigenvalue weighted by molar-refractivity contribution is -0.143. The number of amides is 17. The zero-order valence-electron chi connectivity index (χ0n) is 83.3. The van der Waals surface area contributed by atoms with Crippen LogP contribution >= 0.6 is 0 Å². The van der Waals surface area contributed by atoms with Gasteiger partial charge in [0.1, 0.15) is 95.7 Å². The van der Waals surface area contributed by atoms with Gasteiger partial charge in [0.2, 0.25) is 100 Å². The Morgan fingerprint density at radius 2 is 0.768 bits per heavy atom. The highest BCUT2D eigenvalue weighted by molar-refractivity contribution is 6.03. The molecule has 1 aromatic rings. The zero-order valence-corrected chi connectivity index (χ0v) is 83.3. The van der Waals surface area contributed by atoms with Gasteiger partial charge in [0.15, 0.2) is 0 Å². The van der Waals surface area contributed by atoms with E-state index in [4.69, 9.17) is 28.7 Å². The molecule has 2 rings (SSSR count). The number of nitrogens with two attached hydrogens (primary N) is 5. The Bertz CT molecular complexity index is 4390. The predicted molar refractivity (Wildman–Crippen MR) is 514 cm³/mol. The van der Waals surface area contributed by atoms with Gasteiger partial charge >= 0.3 is 29.8 Å². The Balaban J connectivity index is 2.88. The van der Waals surface area contributed by atoms with Crippen LogP contribution in [-0.4, -0.2) is 288 Å². The summed E-state index contributed by atoms with van der Waals surface area (Å²) in [5.41, 5.74) is 24.8. The van der Waals surface area contributed by atoms with Gasteiger partial charge in [-0.05, 0) is 218 Å². The van der Waals surface area contributed by atoms with Gasteiger partial charge in [-0.25, -0.2) is 4.98 Å². The number of primary amides is 1. The Kier molecular flexibility index (Phi) is 57.5. The minimum atomic E-state index is -2.21. The lowest BCUT2D eigenvalue weighted by atomic mass is 9.91. The fourth-order valence-corrected chi connectivity index (χ4v) is 15.4. The molecular formula is C92H155N23O27. The number of H-pyrrole nitrogens is 1. The first-order valence-corrected chi connectivity index (χ1v) is 48.4. The van der Waals surface area contributed by atoms with Crippen LogP contribution in [0.5, 0.6) is 0 Å². The molecule has 0 unspecified atom stereocenters. The fraction of sp³-hybridized carbons (Fsp3) is 0.707. The number of carbonyl (C=O) groups is 22. The van der Waals surface area contributed by atoms with Crippen LogP contribution < -0.4 is 114 Å². The van der Waals surface area contributed by atoms with Crippen molar-refractivity contribution in [2.24, 2.45) is 52.3 Å². The number of carboxylic acid groups (broad SMARTS) is 5. The van der Waals surface area contributed by atoms with Gasteiger partial charge in [-0.2, -0.15) is 0 Å². The summed E-state index contributed by atoms with van der Waals surface area (Å²) in [4.78, 5) is 312. The maximum absolute atomic E-state index is 15.5. The number of carboxylic acids is 5. The van der Waals surface area contributed by atoms with E-state index in [1.54, 1.807) is 67.5 Å². The topological polar surface area (TPSA) is 828 Å². The van der Waals surface area contributed by atoms with Crippen LogP contribution in [0.1, 0.15) is 268 Å². The summed E-state index contributed by atoms with van der Waals surface area (Å²) >= 11 is 0. The van der Waals surface area contributed by atoms with Gasteiger partial charge in [-0.3, -0.25) is 105 Å². The number of aliphatic carboxylic acids is 5. The maximum atomic E-state index is 15.5. The van der Waals surface area contributed by atoms with E-state index >= 15 is 24.0 Å². The van der Waals surface area contributed by atoms with Gasteiger partial charge in [-0.1, -0.05) is 67.5 Å². The lowest BCUT2D eigenvalue weighted by Gasteiger charge is -2.34. The molecule has 1 aliphatic heterocycles. The van der Waals surface area contributed by atoms with E-state index in [1.165, 1.54) is 26.4 Å². The number of hydrogen-bond acceptors (Lipinski definition) is 27. The predicted octanol–water partition coefficient (Wildman–Crippen LogP) is -3.24. The molecule has 50 nitrogen and oxygen atoms in total. The highest BCUT2D eigenvalue weighted by atomic mass is 16.4. The third kappa shape index (κ3) is 49.0. The van der Waals surface area contributed by atoms with Crippen molar-refractivity contribution < 1.29 is 131 Å². The molecule has 0 saturated heterocycles. The van der Waals surface area contributed by atoms with Gasteiger partial charge in [0, 0.05) is 32.4 Å². The van der Waals surface area contributed by atoms with E-state index in [1.807, 2.05) is 0 Å². The van der Waals surface area contributed by atoms with Gasteiger partial charge in [0.05, 0.1) is 31.3 Å². The van der Waals surface area contributed by atoms with Crippen molar-refractivity contribution >= 4 is 130 Å². The normalized spacial score (nSPS) is 19.2. The molecule has 50 heteroatoms. The van der Waals surface area contributed by atoms with Crippen molar-refractivity contribution in [3.63, 3.8) is 0 Å². The van der Waals surface area contributed by atoms with Crippen molar-refractivity contribution in [1.82, 2.24) is 95.0 Å². The average molecular weight is 2020 g/mol. The molecule has 0 fully saturated rings. The van der Waals surface area contributed by atoms with Gasteiger partial charge in [-0.15, -0.1) is 0 Å². The van der Waals surface area contributed by atoms with Gasteiger partial charge < -0.3 is 144 Å². The number of aromatic amines is 1. The van der Waals surface area contributed by atoms with E-state index in [0.29, 0.717) is 25.7 Å². The van der Waals surface area contributed by atoms with E-state index in [0.717, 1.165) is 6.92 Å². The summed E-state index contributed by atoms with van der Waals surface area (Å²) in [5, 5.41) is 89.9. The number of hydrogen-bond donors (Lipinski definition) is 27. The first-order valence-electron chi connectivity index (χ1n) is 48.4. The van der Waals surface area contributed by atoms with E-state index in [9.17, 15) is 107 Å². The molecule has 142 heavy (non-hydrogen) atoms. The molecule has 0 aromatic carbocycles. The summed E-state index contributed by atoms with van der Waals surface area (Å²) in [6, 6.07) is -23.0. The molecule has 0 saturated carbocycles. The second-order valence-corrected chi connectivity index (χ2v) is 37.9. The summed E-state index contributed by atoms with van der Waals surface area (Å²) < 4.78 is 0. The molecule has 2 heterocycles. The van der Waals surface area contributed by atoms with Gasteiger partial charge in [0.25, 0.3) is 0 Å².